The van der Waals surface area contributed by atoms with Gasteiger partial charge in [-0.1, -0.05) is 12.1 Å². The van der Waals surface area contributed by atoms with Gasteiger partial charge in [0.25, 0.3) is 5.69 Å². The second-order valence-corrected chi connectivity index (χ2v) is 5.90. The van der Waals surface area contributed by atoms with Crippen LogP contribution in [0.3, 0.4) is 0 Å². The van der Waals surface area contributed by atoms with Crippen LogP contribution in [0, 0.1) is 16.0 Å². The van der Waals surface area contributed by atoms with Gasteiger partial charge in [-0.15, -0.1) is 12.4 Å². The first-order valence-electron chi connectivity index (χ1n) is 7.75. The van der Waals surface area contributed by atoms with E-state index in [2.05, 4.69) is 17.1 Å². The minimum atomic E-state index is -0.319. The molecule has 6 heteroatoms. The Morgan fingerprint density at radius 2 is 2.09 bits per heavy atom. The van der Waals surface area contributed by atoms with E-state index in [0.717, 1.165) is 31.1 Å². The highest BCUT2D eigenvalue weighted by atomic mass is 35.5. The second kappa shape index (κ2) is 9.08. The van der Waals surface area contributed by atoms with Crippen molar-refractivity contribution in [3.63, 3.8) is 0 Å². The van der Waals surface area contributed by atoms with Gasteiger partial charge in [-0.2, -0.15) is 0 Å². The Morgan fingerprint density at radius 3 is 2.68 bits per heavy atom. The summed E-state index contributed by atoms with van der Waals surface area (Å²) in [6.45, 7) is 5.40. The van der Waals surface area contributed by atoms with Gasteiger partial charge in [0.2, 0.25) is 0 Å². The molecule has 1 fully saturated rings. The molecule has 0 radical (unpaired) electrons. The summed E-state index contributed by atoms with van der Waals surface area (Å²) in [7, 11) is 2.00. The number of piperidine rings is 1. The fourth-order valence-corrected chi connectivity index (χ4v) is 3.09. The van der Waals surface area contributed by atoms with E-state index in [1.54, 1.807) is 18.2 Å². The molecule has 5 nitrogen and oxygen atoms in total. The molecule has 2 rings (SSSR count). The van der Waals surface area contributed by atoms with Gasteiger partial charge in [-0.05, 0) is 64.3 Å². The molecule has 1 atom stereocenters. The maximum atomic E-state index is 10.9. The molecule has 1 unspecified atom stereocenters. The van der Waals surface area contributed by atoms with Gasteiger partial charge in [-0.25, -0.2) is 0 Å². The molecule has 1 aliphatic rings. The number of halogens is 1. The van der Waals surface area contributed by atoms with E-state index in [4.69, 9.17) is 0 Å². The smallest absolute Gasteiger partial charge is 0.269 e. The van der Waals surface area contributed by atoms with Crippen molar-refractivity contribution >= 4 is 18.1 Å². The lowest BCUT2D eigenvalue weighted by atomic mass is 9.92. The maximum Gasteiger partial charge on any atom is 0.269 e. The number of benzene rings is 1. The summed E-state index contributed by atoms with van der Waals surface area (Å²) in [5.74, 6) is 0.811. The summed E-state index contributed by atoms with van der Waals surface area (Å²) in [6, 6.07) is 7.28. The quantitative estimate of drug-likeness (QED) is 0.642. The lowest BCUT2D eigenvalue weighted by molar-refractivity contribution is -0.385. The van der Waals surface area contributed by atoms with Crippen LogP contribution >= 0.6 is 12.4 Å². The molecule has 1 N–H and O–H groups in total. The Kier molecular flexibility index (Phi) is 7.79. The Morgan fingerprint density at radius 1 is 1.41 bits per heavy atom. The minimum absolute atomic E-state index is 0. The number of hydrogen-bond acceptors (Lipinski definition) is 4. The molecule has 0 aromatic heterocycles. The molecule has 1 saturated heterocycles. The number of non-ortho nitro benzene ring substituents is 1. The maximum absolute atomic E-state index is 10.9. The highest BCUT2D eigenvalue weighted by Crippen LogP contribution is 2.29. The van der Waals surface area contributed by atoms with E-state index >= 15 is 0 Å². The van der Waals surface area contributed by atoms with Crippen LogP contribution in [0.1, 0.15) is 37.8 Å². The van der Waals surface area contributed by atoms with Gasteiger partial charge in [0.15, 0.2) is 0 Å². The highest BCUT2D eigenvalue weighted by Gasteiger charge is 2.23. The fourth-order valence-electron chi connectivity index (χ4n) is 3.09. The number of nitro groups is 1. The van der Waals surface area contributed by atoms with E-state index in [1.165, 1.54) is 19.3 Å². The third kappa shape index (κ3) is 4.93. The summed E-state index contributed by atoms with van der Waals surface area (Å²) < 4.78 is 0. The molecule has 1 heterocycles. The zero-order valence-corrected chi connectivity index (χ0v) is 14.1. The topological polar surface area (TPSA) is 58.4 Å². The zero-order valence-electron chi connectivity index (χ0n) is 13.3. The second-order valence-electron chi connectivity index (χ2n) is 5.90. The van der Waals surface area contributed by atoms with Gasteiger partial charge in [0.05, 0.1) is 4.92 Å². The van der Waals surface area contributed by atoms with Crippen molar-refractivity contribution in [2.75, 3.05) is 26.7 Å². The molecule has 22 heavy (non-hydrogen) atoms. The minimum Gasteiger partial charge on any atom is -0.320 e. The number of likely N-dealkylation sites (tertiary alicyclic amines) is 1. The van der Waals surface area contributed by atoms with Crippen LogP contribution in [-0.4, -0.2) is 36.5 Å². The highest BCUT2D eigenvalue weighted by molar-refractivity contribution is 5.85. The molecular weight excluding hydrogens is 302 g/mol. The third-order valence-corrected chi connectivity index (χ3v) is 4.56. The molecule has 1 aromatic carbocycles. The van der Waals surface area contributed by atoms with Gasteiger partial charge in [0, 0.05) is 18.2 Å². The molecule has 0 amide bonds. The number of nitrogens with zero attached hydrogens (tertiary/aromatic N) is 2. The normalized spacial score (nSPS) is 17.7. The fraction of sp³-hybridized carbons (Fsp3) is 0.625. The lowest BCUT2D eigenvalue weighted by Gasteiger charge is -2.36. The van der Waals surface area contributed by atoms with Crippen molar-refractivity contribution in [3.8, 4) is 0 Å². The monoisotopic (exact) mass is 327 g/mol. The lowest BCUT2D eigenvalue weighted by Crippen LogP contribution is -2.36. The molecule has 0 bridgehead atoms. The summed E-state index contributed by atoms with van der Waals surface area (Å²) >= 11 is 0. The molecule has 124 valence electrons. The average Bonchev–Trinajstić information content (AvgIpc) is 2.53. The van der Waals surface area contributed by atoms with Gasteiger partial charge < -0.3 is 5.32 Å². The van der Waals surface area contributed by atoms with Crippen LogP contribution in [-0.2, 0) is 0 Å². The van der Waals surface area contributed by atoms with E-state index in [-0.39, 0.29) is 29.1 Å². The molecule has 0 saturated carbocycles. The Balaban J connectivity index is 0.00000242. The van der Waals surface area contributed by atoms with Gasteiger partial charge >= 0.3 is 0 Å². The van der Waals surface area contributed by atoms with Crippen LogP contribution in [0.5, 0.6) is 0 Å². The van der Waals surface area contributed by atoms with Crippen molar-refractivity contribution in [1.82, 2.24) is 10.2 Å². The molecule has 1 aromatic rings. The first-order valence-corrected chi connectivity index (χ1v) is 7.75. The Bertz CT molecular complexity index is 476. The van der Waals surface area contributed by atoms with Crippen molar-refractivity contribution in [1.29, 1.82) is 0 Å². The van der Waals surface area contributed by atoms with Crippen LogP contribution < -0.4 is 5.32 Å². The number of nitrogens with one attached hydrogen (secondary N) is 1. The molecular formula is C16H26ClN3O2. The van der Waals surface area contributed by atoms with Gasteiger partial charge in [-0.3, -0.25) is 15.0 Å². The van der Waals surface area contributed by atoms with E-state index < -0.39 is 0 Å². The molecule has 1 aliphatic heterocycles. The van der Waals surface area contributed by atoms with Crippen LogP contribution in [0.2, 0.25) is 0 Å². The number of hydrogen-bond donors (Lipinski definition) is 1. The van der Waals surface area contributed by atoms with E-state index in [9.17, 15) is 10.1 Å². The van der Waals surface area contributed by atoms with Crippen molar-refractivity contribution < 1.29 is 4.92 Å². The van der Waals surface area contributed by atoms with Crippen LogP contribution in [0.15, 0.2) is 24.3 Å². The third-order valence-electron chi connectivity index (χ3n) is 4.56. The van der Waals surface area contributed by atoms with Crippen molar-refractivity contribution in [3.05, 3.63) is 39.9 Å². The van der Waals surface area contributed by atoms with E-state index in [0.29, 0.717) is 0 Å². The summed E-state index contributed by atoms with van der Waals surface area (Å²) in [5.41, 5.74) is 1.22. The SMILES string of the molecule is CNCCC1CCN(C(C)c2cccc([N+](=O)[O-])c2)CC1.Cl. The predicted molar refractivity (Wildman–Crippen MR) is 91.6 cm³/mol. The Labute approximate surface area is 138 Å². The van der Waals surface area contributed by atoms with Crippen LogP contribution in [0.25, 0.3) is 0 Å². The van der Waals surface area contributed by atoms with Crippen molar-refractivity contribution in [2.24, 2.45) is 5.92 Å². The summed E-state index contributed by atoms with van der Waals surface area (Å²) in [6.07, 6.45) is 3.69. The largest absolute Gasteiger partial charge is 0.320 e. The standard InChI is InChI=1S/C16H25N3O2.ClH/c1-13(15-4-3-5-16(12-15)19(20)21)18-10-7-14(8-11-18)6-9-17-2;/h3-5,12-14,17H,6-11H2,1-2H3;1H. The van der Waals surface area contributed by atoms with Crippen molar-refractivity contribution in [2.45, 2.75) is 32.2 Å². The van der Waals surface area contributed by atoms with Gasteiger partial charge in [0.1, 0.15) is 0 Å². The summed E-state index contributed by atoms with van der Waals surface area (Å²) in [5, 5.41) is 14.1. The predicted octanol–water partition coefficient (Wildman–Crippen LogP) is 3.40. The first-order chi connectivity index (χ1) is 10.1. The molecule has 0 aliphatic carbocycles. The first kappa shape index (κ1) is 18.9. The summed E-state index contributed by atoms with van der Waals surface area (Å²) in [4.78, 5) is 13.0. The number of nitro benzene ring substituents is 1. The average molecular weight is 328 g/mol. The van der Waals surface area contributed by atoms with E-state index in [1.807, 2.05) is 13.1 Å². The zero-order chi connectivity index (χ0) is 15.2. The number of rotatable bonds is 6. The van der Waals surface area contributed by atoms with Crippen LogP contribution in [0.4, 0.5) is 5.69 Å². The molecule has 0 spiro atoms. The Hall–Kier alpha value is -1.17.